The van der Waals surface area contributed by atoms with Crippen LogP contribution in [0, 0.1) is 13.3 Å². The number of aromatic nitrogens is 2. The van der Waals surface area contributed by atoms with Crippen molar-refractivity contribution in [1.82, 2.24) is 9.38 Å². The maximum absolute atomic E-state index is 11.8. The van der Waals surface area contributed by atoms with E-state index >= 15 is 0 Å². The summed E-state index contributed by atoms with van der Waals surface area (Å²) in [5, 5.41) is 0. The third-order valence-electron chi connectivity index (χ3n) is 2.22. The number of esters is 1. The van der Waals surface area contributed by atoms with Crippen molar-refractivity contribution in [2.45, 2.75) is 6.92 Å². The molecule has 0 N–H and O–H groups in total. The number of hydrogen-bond acceptors (Lipinski definition) is 3. The minimum atomic E-state index is -0.379. The fraction of sp³-hybridized carbons (Fsp3) is 0.167. The van der Waals surface area contributed by atoms with Crippen LogP contribution in [0.5, 0.6) is 0 Å². The number of nitrogens with zero attached hydrogens (tertiary/aromatic N) is 2. The third-order valence-corrected chi connectivity index (χ3v) is 2.22. The normalized spacial score (nSPS) is 10.4. The highest BCUT2D eigenvalue weighted by Gasteiger charge is 2.26. The fourth-order valence-electron chi connectivity index (χ4n) is 1.56. The van der Waals surface area contributed by atoms with E-state index in [1.165, 1.54) is 0 Å². The molecule has 0 aliphatic heterocycles. The Labute approximate surface area is 93.9 Å². The van der Waals surface area contributed by atoms with E-state index in [4.69, 9.17) is 4.74 Å². The molecule has 0 saturated carbocycles. The number of carbonyl (C=O) groups excluding carboxylic acids is 1. The first-order valence-corrected chi connectivity index (χ1v) is 5.04. The van der Waals surface area contributed by atoms with E-state index in [-0.39, 0.29) is 5.97 Å². The first-order valence-electron chi connectivity index (χ1n) is 5.04. The van der Waals surface area contributed by atoms with Crippen molar-refractivity contribution in [3.63, 3.8) is 0 Å². The quantitative estimate of drug-likeness (QED) is 0.581. The van der Waals surface area contributed by atoms with Crippen LogP contribution in [-0.4, -0.2) is 22.0 Å². The van der Waals surface area contributed by atoms with Gasteiger partial charge in [-0.3, -0.25) is 0 Å². The van der Waals surface area contributed by atoms with Crippen LogP contribution in [0.4, 0.5) is 0 Å². The molecule has 4 heteroatoms. The van der Waals surface area contributed by atoms with Crippen molar-refractivity contribution in [3.05, 3.63) is 49.1 Å². The predicted octanol–water partition coefficient (Wildman–Crippen LogP) is 1.90. The number of imidazole rings is 1. The van der Waals surface area contributed by atoms with Gasteiger partial charge in [0.1, 0.15) is 0 Å². The Morgan fingerprint density at radius 1 is 1.62 bits per heavy atom. The standard InChI is InChI=1S/C12H12N2O2/c1-3-9-11(12(15)16-4-2)14-8-6-5-7-10(14)13-9/h3,5-8H,1,4H2,2H3. The Balaban J connectivity index is 2.60. The first-order chi connectivity index (χ1) is 7.77. The maximum Gasteiger partial charge on any atom is 0.444 e. The van der Waals surface area contributed by atoms with Crippen LogP contribution < -0.4 is 0 Å². The van der Waals surface area contributed by atoms with Crippen LogP contribution in [0.15, 0.2) is 24.4 Å². The molecular weight excluding hydrogens is 204 g/mol. The lowest BCUT2D eigenvalue weighted by atomic mass is 10.2. The lowest BCUT2D eigenvalue weighted by molar-refractivity contribution is 0.0517. The summed E-state index contributed by atoms with van der Waals surface area (Å²) in [6, 6.07) is 5.53. The van der Waals surface area contributed by atoms with Gasteiger partial charge in [-0.2, -0.15) is 4.98 Å². The van der Waals surface area contributed by atoms with Gasteiger partial charge in [0.25, 0.3) is 5.69 Å². The molecule has 0 atom stereocenters. The van der Waals surface area contributed by atoms with Crippen LogP contribution in [-0.2, 0) is 4.74 Å². The van der Waals surface area contributed by atoms with Gasteiger partial charge in [-0.05, 0) is 19.1 Å². The summed E-state index contributed by atoms with van der Waals surface area (Å²) in [7, 11) is 0. The van der Waals surface area contributed by atoms with Crippen LogP contribution in [0.1, 0.15) is 23.1 Å². The Morgan fingerprint density at radius 2 is 2.44 bits per heavy atom. The van der Waals surface area contributed by atoms with E-state index in [9.17, 15) is 4.79 Å². The molecule has 2 heterocycles. The molecule has 0 fully saturated rings. The zero-order valence-electron chi connectivity index (χ0n) is 9.01. The minimum Gasteiger partial charge on any atom is -0.446 e. The summed E-state index contributed by atoms with van der Waals surface area (Å²) in [4.78, 5) is 16.0. The van der Waals surface area contributed by atoms with Gasteiger partial charge in [0.15, 0.2) is 5.65 Å². The maximum atomic E-state index is 11.8. The van der Waals surface area contributed by atoms with Crippen LogP contribution in [0.2, 0.25) is 0 Å². The third kappa shape index (κ3) is 1.62. The van der Waals surface area contributed by atoms with Crippen LogP contribution in [0.3, 0.4) is 0 Å². The predicted molar refractivity (Wildman–Crippen MR) is 59.9 cm³/mol. The summed E-state index contributed by atoms with van der Waals surface area (Å²) < 4.78 is 6.69. The van der Waals surface area contributed by atoms with Gasteiger partial charge in [-0.1, -0.05) is 12.5 Å². The zero-order valence-corrected chi connectivity index (χ0v) is 9.01. The molecule has 0 spiro atoms. The average molecular weight is 216 g/mol. The topological polar surface area (TPSA) is 43.6 Å². The molecule has 4 nitrogen and oxygen atoms in total. The molecule has 2 aromatic heterocycles. The van der Waals surface area contributed by atoms with E-state index < -0.39 is 0 Å². The van der Waals surface area contributed by atoms with E-state index in [0.29, 0.717) is 23.6 Å². The molecule has 0 aliphatic rings. The molecule has 16 heavy (non-hydrogen) atoms. The van der Waals surface area contributed by atoms with Crippen molar-refractivity contribution in [2.75, 3.05) is 6.61 Å². The Bertz CT molecular complexity index is 517. The lowest BCUT2D eigenvalue weighted by Crippen LogP contribution is -2.10. The molecule has 2 aromatic rings. The molecule has 0 bridgehead atoms. The molecule has 0 radical (unpaired) electrons. The minimum absolute atomic E-state index is 0.343. The molecule has 0 aliphatic carbocycles. The van der Waals surface area contributed by atoms with Crippen LogP contribution in [0.25, 0.3) is 5.65 Å². The number of fused-ring (bicyclic) bond motifs is 1. The van der Waals surface area contributed by atoms with E-state index in [1.807, 2.05) is 18.2 Å². The van der Waals surface area contributed by atoms with Gasteiger partial charge in [-0.25, -0.2) is 16.1 Å². The SMILES string of the molecule is [CH2-][CH+]c1nc2ccccn2c1C(=O)OCC. The smallest absolute Gasteiger partial charge is 0.444 e. The Morgan fingerprint density at radius 3 is 3.12 bits per heavy atom. The second kappa shape index (κ2) is 4.26. The highest BCUT2D eigenvalue weighted by atomic mass is 16.5. The molecule has 0 amide bonds. The molecule has 0 aromatic carbocycles. The zero-order chi connectivity index (χ0) is 11.5. The van der Waals surface area contributed by atoms with Gasteiger partial charge < -0.3 is 4.74 Å². The van der Waals surface area contributed by atoms with Gasteiger partial charge in [0.2, 0.25) is 5.69 Å². The summed E-state index contributed by atoms with van der Waals surface area (Å²) in [5.74, 6) is -0.379. The van der Waals surface area contributed by atoms with Crippen molar-refractivity contribution >= 4 is 11.6 Å². The number of ether oxygens (including phenoxy) is 1. The largest absolute Gasteiger partial charge is 0.446 e. The van der Waals surface area contributed by atoms with Crippen molar-refractivity contribution in [2.24, 2.45) is 0 Å². The lowest BCUT2D eigenvalue weighted by Gasteiger charge is -1.97. The van der Waals surface area contributed by atoms with Gasteiger partial charge >= 0.3 is 5.97 Å². The number of pyridine rings is 1. The molecule has 2 rings (SSSR count). The van der Waals surface area contributed by atoms with Crippen molar-refractivity contribution < 1.29 is 9.53 Å². The van der Waals surface area contributed by atoms with Crippen LogP contribution >= 0.6 is 0 Å². The Kier molecular flexibility index (Phi) is 2.81. The van der Waals surface area contributed by atoms with Gasteiger partial charge in [0, 0.05) is 6.20 Å². The monoisotopic (exact) mass is 216 g/mol. The second-order valence-corrected chi connectivity index (χ2v) is 3.20. The summed E-state index contributed by atoms with van der Waals surface area (Å²) in [6.45, 7) is 5.76. The van der Waals surface area contributed by atoms with Gasteiger partial charge in [-0.15, -0.1) is 0 Å². The highest BCUT2D eigenvalue weighted by molar-refractivity contribution is 5.90. The summed E-state index contributed by atoms with van der Waals surface area (Å²) in [5.41, 5.74) is 1.68. The van der Waals surface area contributed by atoms with Gasteiger partial charge in [0.05, 0.1) is 6.61 Å². The highest BCUT2D eigenvalue weighted by Crippen LogP contribution is 2.15. The molecule has 0 unspecified atom stereocenters. The molecule has 82 valence electrons. The number of carbonyl (C=O) groups is 1. The number of rotatable bonds is 3. The van der Waals surface area contributed by atoms with E-state index in [0.717, 1.165) is 0 Å². The summed E-state index contributed by atoms with van der Waals surface area (Å²) >= 11 is 0. The average Bonchev–Trinajstić information content (AvgIpc) is 2.67. The molecule has 0 saturated heterocycles. The fourth-order valence-corrected chi connectivity index (χ4v) is 1.56. The number of hydrogen-bond donors (Lipinski definition) is 0. The van der Waals surface area contributed by atoms with Crippen molar-refractivity contribution in [1.29, 1.82) is 0 Å². The van der Waals surface area contributed by atoms with Crippen molar-refractivity contribution in [3.8, 4) is 0 Å². The second-order valence-electron chi connectivity index (χ2n) is 3.20. The first kappa shape index (κ1) is 10.5. The molecular formula is C12H12N2O2. The van der Waals surface area contributed by atoms with E-state index in [1.54, 1.807) is 23.9 Å². The van der Waals surface area contributed by atoms with E-state index in [2.05, 4.69) is 11.9 Å². The summed E-state index contributed by atoms with van der Waals surface area (Å²) in [6.07, 6.45) is 3.33. The Hall–Kier alpha value is -1.97.